The summed E-state index contributed by atoms with van der Waals surface area (Å²) in [7, 11) is 1.47. The molecule has 5 nitrogen and oxygen atoms in total. The van der Waals surface area contributed by atoms with Crippen molar-refractivity contribution in [3.63, 3.8) is 0 Å². The van der Waals surface area contributed by atoms with E-state index in [2.05, 4.69) is 0 Å². The normalized spacial score (nSPS) is 42.1. The Morgan fingerprint density at radius 3 is 2.72 bits per heavy atom. The SMILES string of the molecule is CN1C(=O)C[C@H]([C@]23C=C[C@@H](C[C@@H]2C(=O)O)C3)C1=O. The van der Waals surface area contributed by atoms with Crippen molar-refractivity contribution in [2.45, 2.75) is 19.3 Å². The van der Waals surface area contributed by atoms with E-state index in [9.17, 15) is 19.5 Å². The van der Waals surface area contributed by atoms with Gasteiger partial charge in [0.2, 0.25) is 11.8 Å². The Kier molecular flexibility index (Phi) is 2.18. The summed E-state index contributed by atoms with van der Waals surface area (Å²) in [5.74, 6) is -2.04. The van der Waals surface area contributed by atoms with Gasteiger partial charge in [0.15, 0.2) is 0 Å². The Morgan fingerprint density at radius 2 is 2.22 bits per heavy atom. The van der Waals surface area contributed by atoms with Crippen molar-refractivity contribution < 1.29 is 19.5 Å². The number of hydrogen-bond acceptors (Lipinski definition) is 3. The molecule has 1 N–H and O–H groups in total. The highest BCUT2D eigenvalue weighted by molar-refractivity contribution is 6.04. The Labute approximate surface area is 104 Å². The van der Waals surface area contributed by atoms with Gasteiger partial charge in [-0.15, -0.1) is 0 Å². The maximum atomic E-state index is 12.1. The lowest BCUT2D eigenvalue weighted by atomic mass is 9.68. The average molecular weight is 249 g/mol. The summed E-state index contributed by atoms with van der Waals surface area (Å²) < 4.78 is 0. The van der Waals surface area contributed by atoms with Crippen LogP contribution in [-0.4, -0.2) is 34.8 Å². The fourth-order valence-electron chi connectivity index (χ4n) is 3.86. The monoisotopic (exact) mass is 249 g/mol. The van der Waals surface area contributed by atoms with Crippen molar-refractivity contribution in [2.75, 3.05) is 7.05 Å². The van der Waals surface area contributed by atoms with Gasteiger partial charge in [0.1, 0.15) is 0 Å². The van der Waals surface area contributed by atoms with Crippen LogP contribution in [0.3, 0.4) is 0 Å². The van der Waals surface area contributed by atoms with Crippen molar-refractivity contribution in [1.29, 1.82) is 0 Å². The molecule has 18 heavy (non-hydrogen) atoms. The Bertz CT molecular complexity index is 483. The van der Waals surface area contributed by atoms with Gasteiger partial charge < -0.3 is 5.11 Å². The van der Waals surface area contributed by atoms with Gasteiger partial charge in [-0.2, -0.15) is 0 Å². The van der Waals surface area contributed by atoms with Crippen molar-refractivity contribution in [1.82, 2.24) is 4.90 Å². The summed E-state index contributed by atoms with van der Waals surface area (Å²) in [4.78, 5) is 36.3. The number of amides is 2. The summed E-state index contributed by atoms with van der Waals surface area (Å²) in [5.41, 5.74) is -0.631. The number of likely N-dealkylation sites (tertiary alicyclic amines) is 1. The summed E-state index contributed by atoms with van der Waals surface area (Å²) in [6.07, 6.45) is 5.33. The zero-order valence-electron chi connectivity index (χ0n) is 10.1. The number of rotatable bonds is 2. The molecule has 1 saturated carbocycles. The van der Waals surface area contributed by atoms with Crippen LogP contribution in [0, 0.1) is 23.2 Å². The zero-order chi connectivity index (χ0) is 13.1. The smallest absolute Gasteiger partial charge is 0.307 e. The van der Waals surface area contributed by atoms with Crippen molar-refractivity contribution in [3.8, 4) is 0 Å². The lowest BCUT2D eigenvalue weighted by Crippen LogP contribution is -2.40. The summed E-state index contributed by atoms with van der Waals surface area (Å²) >= 11 is 0. The number of aliphatic carboxylic acids is 1. The topological polar surface area (TPSA) is 74.7 Å². The predicted octanol–water partition coefficient (Wildman–Crippen LogP) is 0.658. The van der Waals surface area contributed by atoms with E-state index in [4.69, 9.17) is 0 Å². The summed E-state index contributed by atoms with van der Waals surface area (Å²) in [5, 5.41) is 9.34. The van der Waals surface area contributed by atoms with E-state index in [-0.39, 0.29) is 24.2 Å². The number of hydrogen-bond donors (Lipinski definition) is 1. The fraction of sp³-hybridized carbons (Fsp3) is 0.615. The van der Waals surface area contributed by atoms with E-state index in [1.807, 2.05) is 12.2 Å². The highest BCUT2D eigenvalue weighted by Gasteiger charge is 2.60. The number of allylic oxidation sites excluding steroid dienone is 2. The number of nitrogens with zero attached hydrogens (tertiary/aromatic N) is 1. The van der Waals surface area contributed by atoms with Crippen molar-refractivity contribution in [3.05, 3.63) is 12.2 Å². The maximum absolute atomic E-state index is 12.1. The van der Waals surface area contributed by atoms with E-state index in [0.717, 1.165) is 4.90 Å². The molecule has 1 saturated heterocycles. The highest BCUT2D eigenvalue weighted by atomic mass is 16.4. The van der Waals surface area contributed by atoms with Gasteiger partial charge >= 0.3 is 5.97 Å². The molecular weight excluding hydrogens is 234 g/mol. The van der Waals surface area contributed by atoms with E-state index in [1.165, 1.54) is 7.05 Å². The number of carbonyl (C=O) groups is 3. The Balaban J connectivity index is 2.00. The van der Waals surface area contributed by atoms with Crippen LogP contribution in [0.4, 0.5) is 0 Å². The number of carboxylic acids is 1. The third-order valence-corrected chi connectivity index (χ3v) is 4.81. The minimum atomic E-state index is -0.850. The van der Waals surface area contributed by atoms with E-state index in [0.29, 0.717) is 12.8 Å². The molecule has 0 aromatic rings. The first-order chi connectivity index (χ1) is 8.45. The molecule has 0 radical (unpaired) electrons. The van der Waals surface area contributed by atoms with Gasteiger partial charge in [-0.1, -0.05) is 12.2 Å². The molecule has 3 aliphatic rings. The second-order valence-electron chi connectivity index (χ2n) is 5.61. The van der Waals surface area contributed by atoms with Crippen LogP contribution in [0.2, 0.25) is 0 Å². The molecule has 96 valence electrons. The molecule has 4 atom stereocenters. The summed E-state index contributed by atoms with van der Waals surface area (Å²) in [6.45, 7) is 0. The van der Waals surface area contributed by atoms with Crippen LogP contribution in [0.15, 0.2) is 12.2 Å². The van der Waals surface area contributed by atoms with Gasteiger partial charge in [-0.25, -0.2) is 0 Å². The molecule has 1 aliphatic heterocycles. The first-order valence-electron chi connectivity index (χ1n) is 6.18. The molecule has 0 aromatic heterocycles. The van der Waals surface area contributed by atoms with Crippen LogP contribution in [0.1, 0.15) is 19.3 Å². The molecule has 2 bridgehead atoms. The lowest BCUT2D eigenvalue weighted by molar-refractivity contribution is -0.147. The largest absolute Gasteiger partial charge is 0.481 e. The number of fused-ring (bicyclic) bond motifs is 2. The number of carbonyl (C=O) groups excluding carboxylic acids is 2. The molecular formula is C13H15NO4. The van der Waals surface area contributed by atoms with Crippen molar-refractivity contribution >= 4 is 17.8 Å². The molecule has 0 aromatic carbocycles. The standard InChI is InChI=1S/C13H15NO4/c1-14-10(15)5-8(11(14)16)13-3-2-7(6-13)4-9(13)12(17)18/h2-3,7-9H,4-6H2,1H3,(H,17,18)/t7-,8-,9+,13+/m0/s1. The second-order valence-corrected chi connectivity index (χ2v) is 5.61. The van der Waals surface area contributed by atoms with Crippen LogP contribution in [-0.2, 0) is 14.4 Å². The number of carboxylic acid groups (broad SMARTS) is 1. The predicted molar refractivity (Wildman–Crippen MR) is 61.3 cm³/mol. The van der Waals surface area contributed by atoms with Crippen LogP contribution < -0.4 is 0 Å². The molecule has 1 heterocycles. The molecule has 5 heteroatoms. The van der Waals surface area contributed by atoms with Gasteiger partial charge in [-0.05, 0) is 18.8 Å². The van der Waals surface area contributed by atoms with Crippen LogP contribution in [0.25, 0.3) is 0 Å². The minimum absolute atomic E-state index is 0.149. The maximum Gasteiger partial charge on any atom is 0.307 e. The summed E-state index contributed by atoms with van der Waals surface area (Å²) in [6, 6.07) is 0. The molecule has 0 unspecified atom stereocenters. The highest BCUT2D eigenvalue weighted by Crippen LogP contribution is 2.59. The van der Waals surface area contributed by atoms with Crippen LogP contribution >= 0.6 is 0 Å². The zero-order valence-corrected chi connectivity index (χ0v) is 10.1. The third-order valence-electron chi connectivity index (χ3n) is 4.81. The first kappa shape index (κ1) is 11.4. The third kappa shape index (κ3) is 1.24. The first-order valence-corrected chi connectivity index (χ1v) is 6.18. The molecule has 3 rings (SSSR count). The second kappa shape index (κ2) is 3.43. The average Bonchev–Trinajstić information content (AvgIpc) is 2.97. The quantitative estimate of drug-likeness (QED) is 0.576. The fourth-order valence-corrected chi connectivity index (χ4v) is 3.86. The van der Waals surface area contributed by atoms with Gasteiger partial charge in [0.25, 0.3) is 0 Å². The van der Waals surface area contributed by atoms with Crippen molar-refractivity contribution in [2.24, 2.45) is 23.2 Å². The molecule has 2 fully saturated rings. The molecule has 2 aliphatic carbocycles. The van der Waals surface area contributed by atoms with Gasteiger partial charge in [0.05, 0.1) is 11.8 Å². The Morgan fingerprint density at radius 1 is 1.50 bits per heavy atom. The molecule has 0 spiro atoms. The van der Waals surface area contributed by atoms with E-state index >= 15 is 0 Å². The van der Waals surface area contributed by atoms with E-state index < -0.39 is 23.2 Å². The van der Waals surface area contributed by atoms with Gasteiger partial charge in [-0.3, -0.25) is 19.3 Å². The van der Waals surface area contributed by atoms with Crippen LogP contribution in [0.5, 0.6) is 0 Å². The Hall–Kier alpha value is -1.65. The van der Waals surface area contributed by atoms with E-state index in [1.54, 1.807) is 0 Å². The molecule has 2 amide bonds. The lowest BCUT2D eigenvalue weighted by Gasteiger charge is -2.33. The minimum Gasteiger partial charge on any atom is -0.481 e. The van der Waals surface area contributed by atoms with Gasteiger partial charge in [0, 0.05) is 18.9 Å². The number of imide groups is 1.